The van der Waals surface area contributed by atoms with Gasteiger partial charge in [-0.2, -0.15) is 0 Å². The van der Waals surface area contributed by atoms with Crippen LogP contribution in [0, 0.1) is 6.92 Å². The Hall–Kier alpha value is -1.02. The van der Waals surface area contributed by atoms with Gasteiger partial charge in [0, 0.05) is 18.4 Å². The first kappa shape index (κ1) is 9.22. The first-order chi connectivity index (χ1) is 7.29. The van der Waals surface area contributed by atoms with E-state index in [1.807, 2.05) is 24.3 Å². The molecule has 0 amide bonds. The molecule has 1 radical (unpaired) electrons. The van der Waals surface area contributed by atoms with Crippen LogP contribution in [0.2, 0.25) is 0 Å². The van der Waals surface area contributed by atoms with E-state index in [1.165, 1.54) is 12.8 Å². The Balaban J connectivity index is 1.98. The molecular weight excluding hydrogens is 188 g/mol. The lowest BCUT2D eigenvalue weighted by Gasteiger charge is -2.38. The fourth-order valence-electron chi connectivity index (χ4n) is 2.52. The first-order valence-electron chi connectivity index (χ1n) is 5.58. The van der Waals surface area contributed by atoms with Crippen molar-refractivity contribution in [2.75, 3.05) is 0 Å². The van der Waals surface area contributed by atoms with Gasteiger partial charge in [-0.25, -0.2) is 0 Å². The molecular formula is C13H15O2. The van der Waals surface area contributed by atoms with Crippen LogP contribution < -0.4 is 4.74 Å². The lowest BCUT2D eigenvalue weighted by atomic mass is 10.1. The number of para-hydroxylation sites is 1. The van der Waals surface area contributed by atoms with Gasteiger partial charge in [0.15, 0.2) is 0 Å². The van der Waals surface area contributed by atoms with Crippen molar-refractivity contribution >= 4 is 0 Å². The molecule has 2 heteroatoms. The van der Waals surface area contributed by atoms with E-state index in [2.05, 4.69) is 6.92 Å². The first-order valence-corrected chi connectivity index (χ1v) is 5.58. The molecule has 79 valence electrons. The van der Waals surface area contributed by atoms with Gasteiger partial charge >= 0.3 is 0 Å². The summed E-state index contributed by atoms with van der Waals surface area (Å²) in [5, 5.41) is 0. The average Bonchev–Trinajstić information content (AvgIpc) is 2.66. The summed E-state index contributed by atoms with van der Waals surface area (Å²) in [6, 6.07) is 8.03. The van der Waals surface area contributed by atoms with Crippen molar-refractivity contribution in [1.82, 2.24) is 0 Å². The Morgan fingerprint density at radius 3 is 2.73 bits per heavy atom. The van der Waals surface area contributed by atoms with Gasteiger partial charge in [0.25, 0.3) is 0 Å². The molecule has 0 aromatic heterocycles. The zero-order chi connectivity index (χ0) is 10.3. The zero-order valence-electron chi connectivity index (χ0n) is 8.74. The normalized spacial score (nSPS) is 27.4. The zero-order valence-corrected chi connectivity index (χ0v) is 8.74. The van der Waals surface area contributed by atoms with Crippen LogP contribution in [0.15, 0.2) is 24.3 Å². The maximum Gasteiger partial charge on any atom is 0.211 e. The maximum atomic E-state index is 5.99. The second kappa shape index (κ2) is 3.24. The molecule has 1 aromatic carbocycles. The molecule has 1 fully saturated rings. The summed E-state index contributed by atoms with van der Waals surface area (Å²) in [4.78, 5) is 0. The molecule has 2 aliphatic rings. The number of rotatable bonds is 0. The summed E-state index contributed by atoms with van der Waals surface area (Å²) in [7, 11) is 0. The monoisotopic (exact) mass is 203 g/mol. The quantitative estimate of drug-likeness (QED) is 0.644. The second-order valence-corrected chi connectivity index (χ2v) is 4.36. The molecule has 0 N–H and O–H groups in total. The lowest BCUT2D eigenvalue weighted by molar-refractivity contribution is -0.214. The molecule has 1 atom stereocenters. The number of hydrogen-bond acceptors (Lipinski definition) is 2. The fourth-order valence-corrected chi connectivity index (χ4v) is 2.52. The van der Waals surface area contributed by atoms with Gasteiger partial charge in [-0.1, -0.05) is 18.2 Å². The van der Waals surface area contributed by atoms with Crippen LogP contribution >= 0.6 is 0 Å². The molecule has 15 heavy (non-hydrogen) atoms. The summed E-state index contributed by atoms with van der Waals surface area (Å²) in [5.41, 5.74) is 1.06. The van der Waals surface area contributed by atoms with E-state index < -0.39 is 0 Å². The molecule has 1 saturated carbocycles. The van der Waals surface area contributed by atoms with E-state index >= 15 is 0 Å². The summed E-state index contributed by atoms with van der Waals surface area (Å²) in [6.45, 7) is 4.06. The highest BCUT2D eigenvalue weighted by Gasteiger charge is 2.42. The molecule has 1 aliphatic carbocycles. The van der Waals surface area contributed by atoms with Gasteiger partial charge in [-0.15, -0.1) is 0 Å². The van der Waals surface area contributed by atoms with E-state index in [0.717, 1.165) is 24.2 Å². The third-order valence-electron chi connectivity index (χ3n) is 3.28. The molecule has 0 bridgehead atoms. The molecule has 1 aromatic rings. The van der Waals surface area contributed by atoms with E-state index in [0.29, 0.717) is 0 Å². The molecule has 1 heterocycles. The van der Waals surface area contributed by atoms with Crippen LogP contribution in [0.3, 0.4) is 0 Å². The SMILES string of the molecule is [CH2][C@@H]1OC2(CCCC2)Oc2ccccc21. The van der Waals surface area contributed by atoms with Gasteiger partial charge < -0.3 is 9.47 Å². The highest BCUT2D eigenvalue weighted by molar-refractivity contribution is 5.37. The molecule has 3 rings (SSSR count). The molecule has 0 saturated heterocycles. The van der Waals surface area contributed by atoms with Crippen LogP contribution in [0.4, 0.5) is 0 Å². The van der Waals surface area contributed by atoms with Gasteiger partial charge in [0.2, 0.25) is 5.79 Å². The van der Waals surface area contributed by atoms with Gasteiger partial charge in [-0.05, 0) is 25.8 Å². The average molecular weight is 203 g/mol. The number of hydrogen-bond donors (Lipinski definition) is 0. The second-order valence-electron chi connectivity index (χ2n) is 4.36. The highest BCUT2D eigenvalue weighted by Crippen LogP contribution is 2.45. The van der Waals surface area contributed by atoms with Crippen LogP contribution in [-0.4, -0.2) is 5.79 Å². The van der Waals surface area contributed by atoms with Crippen LogP contribution in [0.25, 0.3) is 0 Å². The van der Waals surface area contributed by atoms with E-state index in [-0.39, 0.29) is 11.9 Å². The van der Waals surface area contributed by atoms with E-state index in [4.69, 9.17) is 9.47 Å². The molecule has 1 aliphatic heterocycles. The van der Waals surface area contributed by atoms with Crippen LogP contribution in [-0.2, 0) is 4.74 Å². The molecule has 0 unspecified atom stereocenters. The minimum absolute atomic E-state index is 0.0898. The van der Waals surface area contributed by atoms with Crippen molar-refractivity contribution in [1.29, 1.82) is 0 Å². The standard InChI is InChI=1S/C13H15O2/c1-10-11-6-2-3-7-12(11)15-13(14-10)8-4-5-9-13/h2-3,6-7,10H,1,4-5,8-9H2/t10-/m0/s1. The predicted molar refractivity (Wildman–Crippen MR) is 57.5 cm³/mol. The Labute approximate surface area is 90.2 Å². The molecule has 2 nitrogen and oxygen atoms in total. The minimum Gasteiger partial charge on any atom is -0.462 e. The minimum atomic E-state index is -0.374. The van der Waals surface area contributed by atoms with Crippen molar-refractivity contribution in [2.24, 2.45) is 0 Å². The van der Waals surface area contributed by atoms with Crippen molar-refractivity contribution in [3.63, 3.8) is 0 Å². The lowest BCUT2D eigenvalue weighted by Crippen LogP contribution is -2.40. The van der Waals surface area contributed by atoms with Crippen molar-refractivity contribution in [3.05, 3.63) is 36.8 Å². The Morgan fingerprint density at radius 1 is 1.20 bits per heavy atom. The van der Waals surface area contributed by atoms with Crippen molar-refractivity contribution in [2.45, 2.75) is 37.6 Å². The number of fused-ring (bicyclic) bond motifs is 1. The topological polar surface area (TPSA) is 18.5 Å². The van der Waals surface area contributed by atoms with Gasteiger partial charge in [-0.3, -0.25) is 0 Å². The van der Waals surface area contributed by atoms with Crippen molar-refractivity contribution < 1.29 is 9.47 Å². The van der Waals surface area contributed by atoms with Crippen molar-refractivity contribution in [3.8, 4) is 5.75 Å². The molecule has 1 spiro atoms. The smallest absolute Gasteiger partial charge is 0.211 e. The largest absolute Gasteiger partial charge is 0.462 e. The maximum absolute atomic E-state index is 5.99. The summed E-state index contributed by atoms with van der Waals surface area (Å²) < 4.78 is 11.9. The van der Waals surface area contributed by atoms with Crippen LogP contribution in [0.5, 0.6) is 5.75 Å². The fraction of sp³-hybridized carbons (Fsp3) is 0.462. The summed E-state index contributed by atoms with van der Waals surface area (Å²) >= 11 is 0. The third-order valence-corrected chi connectivity index (χ3v) is 3.28. The number of ether oxygens (including phenoxy) is 2. The van der Waals surface area contributed by atoms with Gasteiger partial charge in [0.05, 0.1) is 6.10 Å². The van der Waals surface area contributed by atoms with Gasteiger partial charge in [0.1, 0.15) is 5.75 Å². The Kier molecular flexibility index (Phi) is 1.99. The predicted octanol–water partition coefficient (Wildman–Crippen LogP) is 3.24. The van der Waals surface area contributed by atoms with Crippen LogP contribution in [0.1, 0.15) is 37.4 Å². The highest BCUT2D eigenvalue weighted by atomic mass is 16.7. The third kappa shape index (κ3) is 1.44. The Bertz CT molecular complexity index is 367. The summed E-state index contributed by atoms with van der Waals surface area (Å²) in [5.74, 6) is 0.575. The Morgan fingerprint density at radius 2 is 1.93 bits per heavy atom. The van der Waals surface area contributed by atoms with E-state index in [9.17, 15) is 0 Å². The summed E-state index contributed by atoms with van der Waals surface area (Å²) in [6.07, 6.45) is 4.28. The van der Waals surface area contributed by atoms with E-state index in [1.54, 1.807) is 0 Å². The number of benzene rings is 1.